The first-order valence-electron chi connectivity index (χ1n) is 6.86. The monoisotopic (exact) mass is 351 g/mol. The Kier molecular flexibility index (Phi) is 6.02. The Labute approximate surface area is 141 Å². The average molecular weight is 351 g/mol. The second-order valence-corrected chi connectivity index (χ2v) is 5.55. The molecule has 24 heavy (non-hydrogen) atoms. The van der Waals surface area contributed by atoms with Crippen molar-refractivity contribution in [3.63, 3.8) is 0 Å². The van der Waals surface area contributed by atoms with E-state index in [-0.39, 0.29) is 22.5 Å². The maximum Gasteiger partial charge on any atom is 0.350 e. The first-order chi connectivity index (χ1) is 11.5. The molecular weight excluding hydrogens is 337 g/mol. The number of rotatable bonds is 6. The van der Waals surface area contributed by atoms with Crippen LogP contribution >= 0.6 is 11.3 Å². The summed E-state index contributed by atoms with van der Waals surface area (Å²) in [6.07, 6.45) is -0.272. The van der Waals surface area contributed by atoms with Gasteiger partial charge in [0.25, 0.3) is 5.91 Å². The normalized spacial score (nSPS) is 10.1. The van der Waals surface area contributed by atoms with Crippen LogP contribution < -0.4 is 5.32 Å². The molecule has 6 nitrogen and oxygen atoms in total. The maximum absolute atomic E-state index is 13.4. The minimum atomic E-state index is -0.728. The Morgan fingerprint density at radius 3 is 2.67 bits per heavy atom. The standard InChI is InChI=1S/C16H14FNO5S/c1-22-16(21)15-12(6-7-24-15)18-13(19)9-23-14(20)8-10-4-2-3-5-11(10)17/h2-7H,8-9H2,1H3,(H,18,19). The van der Waals surface area contributed by atoms with Gasteiger partial charge in [-0.2, -0.15) is 0 Å². The summed E-state index contributed by atoms with van der Waals surface area (Å²) in [5, 5.41) is 4.07. The maximum atomic E-state index is 13.4. The lowest BCUT2D eigenvalue weighted by atomic mass is 10.1. The van der Waals surface area contributed by atoms with Gasteiger partial charge in [-0.25, -0.2) is 9.18 Å². The fourth-order valence-corrected chi connectivity index (χ4v) is 2.60. The molecule has 0 atom stereocenters. The number of carbonyl (C=O) groups is 3. The lowest BCUT2D eigenvalue weighted by Gasteiger charge is -2.07. The number of anilines is 1. The van der Waals surface area contributed by atoms with Crippen LogP contribution in [0.3, 0.4) is 0 Å². The number of hydrogen-bond acceptors (Lipinski definition) is 6. The Morgan fingerprint density at radius 1 is 1.21 bits per heavy atom. The Hall–Kier alpha value is -2.74. The third kappa shape index (κ3) is 4.63. The Morgan fingerprint density at radius 2 is 1.96 bits per heavy atom. The molecule has 1 amide bonds. The van der Waals surface area contributed by atoms with Crippen molar-refractivity contribution in [2.75, 3.05) is 19.0 Å². The molecule has 0 fully saturated rings. The van der Waals surface area contributed by atoms with Gasteiger partial charge in [0.15, 0.2) is 6.61 Å². The Bertz CT molecular complexity index is 758. The highest BCUT2D eigenvalue weighted by Gasteiger charge is 2.16. The number of carbonyl (C=O) groups excluding carboxylic acids is 3. The van der Waals surface area contributed by atoms with Gasteiger partial charge < -0.3 is 14.8 Å². The van der Waals surface area contributed by atoms with Crippen LogP contribution in [-0.4, -0.2) is 31.6 Å². The molecule has 2 aromatic rings. The van der Waals surface area contributed by atoms with Crippen LogP contribution in [0.4, 0.5) is 10.1 Å². The van der Waals surface area contributed by atoms with Gasteiger partial charge in [-0.1, -0.05) is 18.2 Å². The number of hydrogen-bond donors (Lipinski definition) is 1. The number of amides is 1. The molecule has 0 saturated carbocycles. The minimum absolute atomic E-state index is 0.189. The SMILES string of the molecule is COC(=O)c1sccc1NC(=O)COC(=O)Cc1ccccc1F. The summed E-state index contributed by atoms with van der Waals surface area (Å²) in [7, 11) is 1.23. The second-order valence-electron chi connectivity index (χ2n) is 4.63. The smallest absolute Gasteiger partial charge is 0.350 e. The van der Waals surface area contributed by atoms with Crippen LogP contribution in [0.5, 0.6) is 0 Å². The van der Waals surface area contributed by atoms with Crippen LogP contribution in [0, 0.1) is 5.82 Å². The molecule has 0 spiro atoms. The van der Waals surface area contributed by atoms with Gasteiger partial charge in [-0.05, 0) is 23.1 Å². The van der Waals surface area contributed by atoms with Gasteiger partial charge >= 0.3 is 11.9 Å². The van der Waals surface area contributed by atoms with Crippen molar-refractivity contribution in [1.82, 2.24) is 0 Å². The molecule has 1 heterocycles. The summed E-state index contributed by atoms with van der Waals surface area (Å²) in [5.74, 6) is -2.43. The molecule has 126 valence electrons. The fourth-order valence-electron chi connectivity index (χ4n) is 1.84. The van der Waals surface area contributed by atoms with Gasteiger partial charge in [-0.3, -0.25) is 9.59 Å². The van der Waals surface area contributed by atoms with E-state index in [2.05, 4.69) is 10.1 Å². The van der Waals surface area contributed by atoms with Gasteiger partial charge in [0, 0.05) is 0 Å². The third-order valence-corrected chi connectivity index (χ3v) is 3.86. The summed E-state index contributed by atoms with van der Waals surface area (Å²) in [6, 6.07) is 7.35. The van der Waals surface area contributed by atoms with E-state index in [9.17, 15) is 18.8 Å². The van der Waals surface area contributed by atoms with Crippen molar-refractivity contribution in [3.8, 4) is 0 Å². The molecule has 1 N–H and O–H groups in total. The number of methoxy groups -OCH3 is 1. The van der Waals surface area contributed by atoms with E-state index in [0.29, 0.717) is 0 Å². The lowest BCUT2D eigenvalue weighted by molar-refractivity contribution is -0.146. The molecule has 2 rings (SSSR count). The van der Waals surface area contributed by atoms with Gasteiger partial charge in [0.2, 0.25) is 0 Å². The van der Waals surface area contributed by atoms with Crippen molar-refractivity contribution in [2.24, 2.45) is 0 Å². The topological polar surface area (TPSA) is 81.7 Å². The first-order valence-corrected chi connectivity index (χ1v) is 7.74. The van der Waals surface area contributed by atoms with Crippen molar-refractivity contribution in [2.45, 2.75) is 6.42 Å². The quantitative estimate of drug-likeness (QED) is 0.808. The van der Waals surface area contributed by atoms with E-state index in [4.69, 9.17) is 4.74 Å². The number of ether oxygens (including phenoxy) is 2. The van der Waals surface area contributed by atoms with E-state index in [1.165, 1.54) is 31.4 Å². The zero-order chi connectivity index (χ0) is 17.5. The predicted molar refractivity (Wildman–Crippen MR) is 85.4 cm³/mol. The van der Waals surface area contributed by atoms with Crippen molar-refractivity contribution in [1.29, 1.82) is 0 Å². The van der Waals surface area contributed by atoms with Crippen molar-refractivity contribution < 1.29 is 28.2 Å². The van der Waals surface area contributed by atoms with E-state index >= 15 is 0 Å². The Balaban J connectivity index is 1.85. The fraction of sp³-hybridized carbons (Fsp3) is 0.188. The predicted octanol–water partition coefficient (Wildman–Crippen LogP) is 2.40. The highest BCUT2D eigenvalue weighted by Crippen LogP contribution is 2.22. The number of esters is 2. The summed E-state index contributed by atoms with van der Waals surface area (Å²) >= 11 is 1.11. The number of nitrogens with one attached hydrogen (secondary N) is 1. The highest BCUT2D eigenvalue weighted by molar-refractivity contribution is 7.12. The highest BCUT2D eigenvalue weighted by atomic mass is 32.1. The number of benzene rings is 1. The molecule has 0 aliphatic heterocycles. The van der Waals surface area contributed by atoms with E-state index < -0.39 is 30.3 Å². The summed E-state index contributed by atoms with van der Waals surface area (Å²) in [6.45, 7) is -0.538. The van der Waals surface area contributed by atoms with Crippen molar-refractivity contribution in [3.05, 3.63) is 52.0 Å². The first kappa shape index (κ1) is 17.6. The van der Waals surface area contributed by atoms with Crippen LogP contribution in [0.1, 0.15) is 15.2 Å². The summed E-state index contributed by atoms with van der Waals surface area (Å²) < 4.78 is 22.8. The van der Waals surface area contributed by atoms with E-state index in [0.717, 1.165) is 11.3 Å². The minimum Gasteiger partial charge on any atom is -0.465 e. The van der Waals surface area contributed by atoms with Crippen molar-refractivity contribution >= 4 is 34.9 Å². The molecule has 0 bridgehead atoms. The largest absolute Gasteiger partial charge is 0.465 e. The van der Waals surface area contributed by atoms with Gasteiger partial charge in [0.1, 0.15) is 10.7 Å². The van der Waals surface area contributed by atoms with Crippen LogP contribution in [0.2, 0.25) is 0 Å². The molecule has 1 aromatic heterocycles. The summed E-state index contributed by atoms with van der Waals surface area (Å²) in [5.41, 5.74) is 0.468. The van der Waals surface area contributed by atoms with Crippen LogP contribution in [-0.2, 0) is 25.5 Å². The molecule has 0 radical (unpaired) electrons. The zero-order valence-corrected chi connectivity index (χ0v) is 13.5. The third-order valence-electron chi connectivity index (χ3n) is 2.97. The molecule has 1 aromatic carbocycles. The van der Waals surface area contributed by atoms with E-state index in [1.54, 1.807) is 11.4 Å². The molecule has 8 heteroatoms. The van der Waals surface area contributed by atoms with Crippen LogP contribution in [0.25, 0.3) is 0 Å². The second kappa shape index (κ2) is 8.21. The zero-order valence-electron chi connectivity index (χ0n) is 12.7. The number of thiophene rings is 1. The van der Waals surface area contributed by atoms with Gasteiger partial charge in [0.05, 0.1) is 19.2 Å². The molecule has 0 unspecified atom stereocenters. The molecule has 0 aliphatic rings. The van der Waals surface area contributed by atoms with E-state index in [1.807, 2.05) is 0 Å². The van der Waals surface area contributed by atoms with Gasteiger partial charge in [-0.15, -0.1) is 11.3 Å². The summed E-state index contributed by atoms with van der Waals surface area (Å²) in [4.78, 5) is 35.2. The molecular formula is C16H14FNO5S. The average Bonchev–Trinajstić information content (AvgIpc) is 3.02. The molecule has 0 aliphatic carbocycles. The number of halogens is 1. The lowest BCUT2D eigenvalue weighted by Crippen LogP contribution is -2.22. The molecule has 0 saturated heterocycles. The van der Waals surface area contributed by atoms with Crippen LogP contribution in [0.15, 0.2) is 35.7 Å².